The third kappa shape index (κ3) is 4.29. The van der Waals surface area contributed by atoms with Crippen molar-refractivity contribution in [1.29, 1.82) is 0 Å². The molecule has 0 spiro atoms. The highest BCUT2D eigenvalue weighted by Gasteiger charge is 2.34. The Morgan fingerprint density at radius 3 is 2.46 bits per heavy atom. The molecule has 0 bridgehead atoms. The number of aliphatic hydroxyl groups is 1. The van der Waals surface area contributed by atoms with Gasteiger partial charge in [-0.3, -0.25) is 0 Å². The van der Waals surface area contributed by atoms with Crippen molar-refractivity contribution in [3.63, 3.8) is 0 Å². The van der Waals surface area contributed by atoms with Gasteiger partial charge < -0.3 is 15.7 Å². The second-order valence-corrected chi connectivity index (χ2v) is 6.28. The molecule has 1 atom stereocenters. The average Bonchev–Trinajstić information content (AvgIpc) is 3.38. The quantitative estimate of drug-likeness (QED) is 0.685. The molecule has 26 heavy (non-hydrogen) atoms. The Morgan fingerprint density at radius 1 is 1.15 bits per heavy atom. The number of nitrogens with zero attached hydrogens (tertiary/aromatic N) is 3. The van der Waals surface area contributed by atoms with Gasteiger partial charge in [0.2, 0.25) is 11.9 Å². The first-order chi connectivity index (χ1) is 12.3. The molecular formula is C16H19F4N5O. The van der Waals surface area contributed by atoms with Crippen LogP contribution in [0.3, 0.4) is 0 Å². The highest BCUT2D eigenvalue weighted by atomic mass is 19.4. The molecular weight excluding hydrogens is 354 g/mol. The number of nitrogens with one attached hydrogen (secondary N) is 2. The van der Waals surface area contributed by atoms with Crippen molar-refractivity contribution in [2.75, 3.05) is 10.6 Å². The molecule has 0 aromatic carbocycles. The van der Waals surface area contributed by atoms with Crippen LogP contribution in [0.4, 0.5) is 29.5 Å². The lowest BCUT2D eigenvalue weighted by Crippen LogP contribution is -2.21. The second kappa shape index (κ2) is 7.18. The summed E-state index contributed by atoms with van der Waals surface area (Å²) in [5.41, 5.74) is -0.924. The Morgan fingerprint density at radius 2 is 1.85 bits per heavy atom. The minimum absolute atomic E-state index is 0.0699. The van der Waals surface area contributed by atoms with E-state index in [-0.39, 0.29) is 35.8 Å². The number of aromatic nitrogens is 3. The summed E-state index contributed by atoms with van der Waals surface area (Å²) >= 11 is 0. The van der Waals surface area contributed by atoms with Crippen molar-refractivity contribution in [3.05, 3.63) is 23.4 Å². The summed E-state index contributed by atoms with van der Waals surface area (Å²) in [7, 11) is 0. The van der Waals surface area contributed by atoms with E-state index in [0.717, 1.165) is 18.9 Å². The summed E-state index contributed by atoms with van der Waals surface area (Å²) in [5, 5.41) is 14.8. The van der Waals surface area contributed by atoms with Crippen LogP contribution in [0.5, 0.6) is 0 Å². The maximum atomic E-state index is 14.3. The smallest absolute Gasteiger partial charge is 0.386 e. The fourth-order valence-corrected chi connectivity index (χ4v) is 2.61. The van der Waals surface area contributed by atoms with Gasteiger partial charge in [-0.05, 0) is 39.0 Å². The molecule has 2 aliphatic rings. The first-order valence-electron chi connectivity index (χ1n) is 8.38. The highest BCUT2D eigenvalue weighted by Crippen LogP contribution is 2.33. The molecule has 0 radical (unpaired) electrons. The third-order valence-electron chi connectivity index (χ3n) is 4.14. The predicted octanol–water partition coefficient (Wildman–Crippen LogP) is 3.55. The lowest BCUT2D eigenvalue weighted by atomic mass is 9.96. The van der Waals surface area contributed by atoms with E-state index in [9.17, 15) is 22.7 Å². The zero-order valence-corrected chi connectivity index (χ0v) is 14.1. The number of allylic oxidation sites excluding steroid dienone is 3. The van der Waals surface area contributed by atoms with Gasteiger partial charge in [-0.2, -0.15) is 28.1 Å². The van der Waals surface area contributed by atoms with Gasteiger partial charge in [0.15, 0.2) is 5.82 Å². The first kappa shape index (κ1) is 18.6. The minimum atomic E-state index is -4.60. The fourth-order valence-electron chi connectivity index (χ4n) is 2.61. The zero-order valence-electron chi connectivity index (χ0n) is 14.1. The van der Waals surface area contributed by atoms with E-state index < -0.39 is 23.8 Å². The first-order valence-corrected chi connectivity index (χ1v) is 8.38. The standard InChI is InChI=1S/C16H19F4N5O/c1-2-11(16(18,19)20)22-15-24-13(9-4-3-5-10(26)12(9)17)23-14(25-15)21-8-6-7-8/h2,8,10,26H,3-7H2,1H3,(H2,21,22,23,24,25). The van der Waals surface area contributed by atoms with Gasteiger partial charge >= 0.3 is 6.18 Å². The molecule has 0 aliphatic heterocycles. The topological polar surface area (TPSA) is 83.0 Å². The lowest BCUT2D eigenvalue weighted by molar-refractivity contribution is -0.0904. The van der Waals surface area contributed by atoms with Crippen LogP contribution in [0.1, 0.15) is 44.9 Å². The average molecular weight is 373 g/mol. The molecule has 0 saturated heterocycles. The van der Waals surface area contributed by atoms with Gasteiger partial charge in [-0.1, -0.05) is 6.08 Å². The Bertz CT molecular complexity index is 743. The largest absolute Gasteiger partial charge is 0.431 e. The molecule has 6 nitrogen and oxygen atoms in total. The summed E-state index contributed by atoms with van der Waals surface area (Å²) in [6.07, 6.45) is -2.05. The van der Waals surface area contributed by atoms with E-state index in [4.69, 9.17) is 0 Å². The SMILES string of the molecule is CC=C(Nc1nc(NC2CC2)nc(C2=C(F)C(O)CCC2)n1)C(F)(F)F. The van der Waals surface area contributed by atoms with E-state index >= 15 is 0 Å². The van der Waals surface area contributed by atoms with Crippen LogP contribution in [0.2, 0.25) is 0 Å². The Kier molecular flexibility index (Phi) is 5.12. The third-order valence-corrected chi connectivity index (χ3v) is 4.14. The summed E-state index contributed by atoms with van der Waals surface area (Å²) in [6, 6.07) is 0.151. The molecule has 3 N–H and O–H groups in total. The number of alkyl halides is 3. The zero-order chi connectivity index (χ0) is 18.9. The van der Waals surface area contributed by atoms with Crippen molar-refractivity contribution in [1.82, 2.24) is 15.0 Å². The maximum absolute atomic E-state index is 14.3. The second-order valence-electron chi connectivity index (χ2n) is 6.28. The van der Waals surface area contributed by atoms with Crippen molar-refractivity contribution in [2.45, 2.75) is 57.3 Å². The van der Waals surface area contributed by atoms with Crippen molar-refractivity contribution in [3.8, 4) is 0 Å². The highest BCUT2D eigenvalue weighted by molar-refractivity contribution is 5.65. The molecule has 1 fully saturated rings. The van der Waals surface area contributed by atoms with Crippen LogP contribution in [-0.4, -0.2) is 38.4 Å². The van der Waals surface area contributed by atoms with Gasteiger partial charge in [-0.25, -0.2) is 4.39 Å². The summed E-state index contributed by atoms with van der Waals surface area (Å²) in [5.74, 6) is -1.06. The van der Waals surface area contributed by atoms with E-state index in [1.54, 1.807) is 0 Å². The number of rotatable bonds is 5. The van der Waals surface area contributed by atoms with Gasteiger partial charge in [0.25, 0.3) is 0 Å². The minimum Gasteiger partial charge on any atom is -0.386 e. The van der Waals surface area contributed by atoms with Crippen LogP contribution in [0.15, 0.2) is 17.6 Å². The molecule has 1 heterocycles. The van der Waals surface area contributed by atoms with E-state index in [1.807, 2.05) is 0 Å². The van der Waals surface area contributed by atoms with Crippen LogP contribution in [-0.2, 0) is 0 Å². The summed E-state index contributed by atoms with van der Waals surface area (Å²) < 4.78 is 53.2. The van der Waals surface area contributed by atoms with Gasteiger partial charge in [0.05, 0.1) is 0 Å². The summed E-state index contributed by atoms with van der Waals surface area (Å²) in [6.45, 7) is 1.24. The van der Waals surface area contributed by atoms with Crippen LogP contribution >= 0.6 is 0 Å². The number of hydrogen-bond acceptors (Lipinski definition) is 6. The molecule has 142 valence electrons. The van der Waals surface area contributed by atoms with Gasteiger partial charge in [-0.15, -0.1) is 0 Å². The van der Waals surface area contributed by atoms with E-state index in [0.29, 0.717) is 12.8 Å². The Labute approximate surface area is 147 Å². The normalized spacial score (nSPS) is 21.8. The van der Waals surface area contributed by atoms with Crippen molar-refractivity contribution in [2.24, 2.45) is 0 Å². The Hall–Kier alpha value is -2.23. The molecule has 10 heteroatoms. The Balaban J connectivity index is 1.97. The number of hydrogen-bond donors (Lipinski definition) is 3. The predicted molar refractivity (Wildman–Crippen MR) is 87.8 cm³/mol. The molecule has 2 aliphatic carbocycles. The van der Waals surface area contributed by atoms with E-state index in [2.05, 4.69) is 25.6 Å². The van der Waals surface area contributed by atoms with Crippen molar-refractivity contribution < 1.29 is 22.7 Å². The maximum Gasteiger partial charge on any atom is 0.431 e. The molecule has 3 rings (SSSR count). The van der Waals surface area contributed by atoms with Crippen LogP contribution in [0.25, 0.3) is 5.57 Å². The monoisotopic (exact) mass is 373 g/mol. The number of anilines is 2. The van der Waals surface area contributed by atoms with Gasteiger partial charge in [0.1, 0.15) is 17.6 Å². The molecule has 1 unspecified atom stereocenters. The number of aliphatic hydroxyl groups excluding tert-OH is 1. The van der Waals surface area contributed by atoms with Crippen molar-refractivity contribution >= 4 is 17.5 Å². The van der Waals surface area contributed by atoms with Crippen LogP contribution in [0, 0.1) is 0 Å². The van der Waals surface area contributed by atoms with Crippen LogP contribution < -0.4 is 10.6 Å². The molecule has 1 aromatic heterocycles. The molecule has 1 saturated carbocycles. The fraction of sp³-hybridized carbons (Fsp3) is 0.562. The molecule has 1 aromatic rings. The molecule has 0 amide bonds. The van der Waals surface area contributed by atoms with E-state index in [1.165, 1.54) is 6.92 Å². The number of halogens is 4. The van der Waals surface area contributed by atoms with Gasteiger partial charge in [0, 0.05) is 11.6 Å². The summed E-state index contributed by atoms with van der Waals surface area (Å²) in [4.78, 5) is 12.0. The lowest BCUT2D eigenvalue weighted by Gasteiger charge is -2.20.